The molecule has 2 aliphatic heterocycles. The zero-order valence-electron chi connectivity index (χ0n) is 32.2. The molecule has 1 aliphatic carbocycles. The maximum atomic E-state index is 14.2. The first kappa shape index (κ1) is 40.3. The summed E-state index contributed by atoms with van der Waals surface area (Å²) in [5.74, 6) is 0.964. The fourth-order valence-corrected chi connectivity index (χ4v) is 11.1. The Morgan fingerprint density at radius 1 is 0.596 bits per heavy atom. The Balaban J connectivity index is 1.64. The summed E-state index contributed by atoms with van der Waals surface area (Å²) < 4.78 is 59.9. The predicted octanol–water partition coefficient (Wildman–Crippen LogP) is 4.77. The lowest BCUT2D eigenvalue weighted by molar-refractivity contribution is 0.134. The Labute approximate surface area is 311 Å². The molecule has 5 rings (SSSR count). The van der Waals surface area contributed by atoms with Gasteiger partial charge in [0.1, 0.15) is 24.6 Å². The molecule has 0 bridgehead atoms. The van der Waals surface area contributed by atoms with E-state index in [2.05, 4.69) is 47.8 Å². The number of benzene rings is 2. The van der Waals surface area contributed by atoms with E-state index in [-0.39, 0.29) is 33.5 Å². The van der Waals surface area contributed by atoms with Crippen LogP contribution in [0.25, 0.3) is 0 Å². The number of nitrogens with zero attached hydrogens (tertiary/aromatic N) is 6. The van der Waals surface area contributed by atoms with Gasteiger partial charge < -0.3 is 19.5 Å². The second-order valence-corrected chi connectivity index (χ2v) is 19.7. The van der Waals surface area contributed by atoms with Crippen LogP contribution in [0.4, 0.5) is 0 Å². The lowest BCUT2D eigenvalue weighted by Gasteiger charge is -2.34. The number of rotatable bonds is 14. The lowest BCUT2D eigenvalue weighted by Crippen LogP contribution is -2.42. The molecule has 12 nitrogen and oxygen atoms in total. The standard InChI is InChI=1S/C38H58N6O6S2/c1-27-19-28(2)24-43(23-27)51(45,46)31-11-13-33-35(21-31)38(40-50-18-10-16-42(7)8)36-22-32(52(47,48)44-25-29(3)20-30(4)26-44)12-14-34(36)37(33)39-49-17-9-15-41(5)6/h11-14,21-22,27-30H,9-10,15-20,23-26H2,1-8H3. The van der Waals surface area contributed by atoms with Gasteiger partial charge in [0.05, 0.1) is 9.79 Å². The summed E-state index contributed by atoms with van der Waals surface area (Å²) in [6, 6.07) is 10.0. The fraction of sp³-hybridized carbons (Fsp3) is 0.632. The van der Waals surface area contributed by atoms with Gasteiger partial charge in [0.2, 0.25) is 20.0 Å². The van der Waals surface area contributed by atoms with Crippen LogP contribution >= 0.6 is 0 Å². The molecule has 14 heteroatoms. The summed E-state index contributed by atoms with van der Waals surface area (Å²) in [6.45, 7) is 12.4. The molecule has 4 unspecified atom stereocenters. The second-order valence-electron chi connectivity index (χ2n) is 15.8. The summed E-state index contributed by atoms with van der Waals surface area (Å²) in [6.07, 6.45) is 3.43. The van der Waals surface area contributed by atoms with Crippen molar-refractivity contribution in [1.29, 1.82) is 0 Å². The van der Waals surface area contributed by atoms with E-state index in [9.17, 15) is 16.8 Å². The molecule has 0 radical (unpaired) electrons. The largest absolute Gasteiger partial charge is 0.395 e. The third-order valence-corrected chi connectivity index (χ3v) is 13.6. The van der Waals surface area contributed by atoms with Crippen LogP contribution < -0.4 is 0 Å². The van der Waals surface area contributed by atoms with Gasteiger partial charge in [-0.25, -0.2) is 16.8 Å². The van der Waals surface area contributed by atoms with Crippen molar-refractivity contribution < 1.29 is 26.5 Å². The monoisotopic (exact) mass is 758 g/mol. The van der Waals surface area contributed by atoms with Gasteiger partial charge in [-0.1, -0.05) is 50.1 Å². The quantitative estimate of drug-likeness (QED) is 0.170. The van der Waals surface area contributed by atoms with Crippen LogP contribution in [0.15, 0.2) is 56.5 Å². The van der Waals surface area contributed by atoms with Crippen molar-refractivity contribution in [2.75, 3.05) is 80.7 Å². The molecule has 0 N–H and O–H groups in total. The molecule has 0 spiro atoms. The SMILES string of the molecule is CC1CC(C)CN(S(=O)(=O)c2ccc3c(c2)C(=NOCCCN(C)C)c2cc(S(=O)(=O)N4CC(C)CC(C)C4)ccc2C3=NOCCCN(C)C)C1. The van der Waals surface area contributed by atoms with Gasteiger partial charge in [0.15, 0.2) is 0 Å². The smallest absolute Gasteiger partial charge is 0.243 e. The average molecular weight is 759 g/mol. The summed E-state index contributed by atoms with van der Waals surface area (Å²) in [5.41, 5.74) is 3.08. The van der Waals surface area contributed by atoms with Crippen LogP contribution in [0.5, 0.6) is 0 Å². The minimum atomic E-state index is -3.85. The lowest BCUT2D eigenvalue weighted by atomic mass is 9.83. The Morgan fingerprint density at radius 3 is 1.29 bits per heavy atom. The van der Waals surface area contributed by atoms with Crippen molar-refractivity contribution in [2.24, 2.45) is 34.0 Å². The highest BCUT2D eigenvalue weighted by molar-refractivity contribution is 7.89. The summed E-state index contributed by atoms with van der Waals surface area (Å²) >= 11 is 0. The summed E-state index contributed by atoms with van der Waals surface area (Å²) in [4.78, 5) is 16.2. The molecule has 2 heterocycles. The molecular formula is C38H58N6O6S2. The van der Waals surface area contributed by atoms with Crippen LogP contribution in [-0.2, 0) is 29.7 Å². The van der Waals surface area contributed by atoms with E-state index in [4.69, 9.17) is 9.68 Å². The van der Waals surface area contributed by atoms with Crippen LogP contribution in [-0.4, -0.2) is 127 Å². The fourth-order valence-electron chi connectivity index (χ4n) is 7.67. The highest BCUT2D eigenvalue weighted by Gasteiger charge is 2.37. The molecule has 0 saturated carbocycles. The molecule has 2 aromatic rings. The first-order chi connectivity index (χ1) is 24.6. The first-order valence-electron chi connectivity index (χ1n) is 18.6. The maximum Gasteiger partial charge on any atom is 0.243 e. The third-order valence-electron chi connectivity index (χ3n) is 9.94. The first-order valence-corrected chi connectivity index (χ1v) is 21.4. The van der Waals surface area contributed by atoms with Crippen LogP contribution in [0, 0.1) is 23.7 Å². The summed E-state index contributed by atoms with van der Waals surface area (Å²) in [5, 5.41) is 9.23. The highest BCUT2D eigenvalue weighted by Crippen LogP contribution is 2.35. The number of fused-ring (bicyclic) bond motifs is 2. The van der Waals surface area contributed by atoms with E-state index in [1.54, 1.807) is 45.0 Å². The Hall–Kier alpha value is -2.88. The minimum Gasteiger partial charge on any atom is -0.395 e. The molecule has 2 fully saturated rings. The van der Waals surface area contributed by atoms with E-state index >= 15 is 0 Å². The van der Waals surface area contributed by atoms with Gasteiger partial charge in [-0.05, 0) is 102 Å². The molecule has 2 aromatic carbocycles. The zero-order valence-corrected chi connectivity index (χ0v) is 33.8. The Morgan fingerprint density at radius 2 is 0.942 bits per heavy atom. The third kappa shape index (κ3) is 9.43. The maximum absolute atomic E-state index is 14.2. The molecule has 288 valence electrons. The van der Waals surface area contributed by atoms with Gasteiger partial charge >= 0.3 is 0 Å². The number of hydrogen-bond acceptors (Lipinski definition) is 10. The molecule has 3 aliphatic rings. The van der Waals surface area contributed by atoms with Crippen LogP contribution in [0.3, 0.4) is 0 Å². The van der Waals surface area contributed by atoms with Crippen molar-refractivity contribution in [3.8, 4) is 0 Å². The van der Waals surface area contributed by atoms with E-state index in [1.165, 1.54) is 0 Å². The average Bonchev–Trinajstić information content (AvgIpc) is 3.06. The summed E-state index contributed by atoms with van der Waals surface area (Å²) in [7, 11) is 0.260. The molecule has 0 amide bonds. The van der Waals surface area contributed by atoms with E-state index < -0.39 is 20.0 Å². The molecule has 2 saturated heterocycles. The number of sulfonamides is 2. The van der Waals surface area contributed by atoms with E-state index in [0.717, 1.165) is 38.8 Å². The topological polar surface area (TPSA) is 124 Å². The molecule has 52 heavy (non-hydrogen) atoms. The Bertz CT molecular complexity index is 1710. The van der Waals surface area contributed by atoms with E-state index in [1.807, 2.05) is 28.2 Å². The van der Waals surface area contributed by atoms with Crippen molar-refractivity contribution in [1.82, 2.24) is 18.4 Å². The van der Waals surface area contributed by atoms with Gasteiger partial charge in [0, 0.05) is 61.5 Å². The van der Waals surface area contributed by atoms with Gasteiger partial charge in [-0.3, -0.25) is 0 Å². The normalized spacial score (nSPS) is 23.0. The van der Waals surface area contributed by atoms with Gasteiger partial charge in [-0.15, -0.1) is 0 Å². The van der Waals surface area contributed by atoms with E-state index in [0.29, 0.717) is 73.1 Å². The predicted molar refractivity (Wildman–Crippen MR) is 206 cm³/mol. The van der Waals surface area contributed by atoms with Crippen molar-refractivity contribution in [3.05, 3.63) is 58.7 Å². The number of hydrogen-bond donors (Lipinski definition) is 0. The number of oxime groups is 2. The van der Waals surface area contributed by atoms with Crippen LogP contribution in [0.1, 0.15) is 75.6 Å². The van der Waals surface area contributed by atoms with Crippen molar-refractivity contribution in [2.45, 2.75) is 63.2 Å². The van der Waals surface area contributed by atoms with Crippen molar-refractivity contribution >= 4 is 31.5 Å². The highest BCUT2D eigenvalue weighted by atomic mass is 32.2. The van der Waals surface area contributed by atoms with Gasteiger partial charge in [-0.2, -0.15) is 8.61 Å². The van der Waals surface area contributed by atoms with Crippen LogP contribution in [0.2, 0.25) is 0 Å². The van der Waals surface area contributed by atoms with Crippen molar-refractivity contribution in [3.63, 3.8) is 0 Å². The molecule has 4 atom stereocenters. The minimum absolute atomic E-state index is 0.141. The second kappa shape index (κ2) is 17.1. The molecule has 0 aromatic heterocycles. The Kier molecular flexibility index (Phi) is 13.2. The number of piperidine rings is 2. The zero-order chi connectivity index (χ0) is 37.8. The van der Waals surface area contributed by atoms with Gasteiger partial charge in [0.25, 0.3) is 0 Å². The molecular weight excluding hydrogens is 701 g/mol.